The summed E-state index contributed by atoms with van der Waals surface area (Å²) in [5, 5.41) is 3.16. The largest absolute Gasteiger partial charge is 0.330 e. The van der Waals surface area contributed by atoms with Crippen molar-refractivity contribution in [3.05, 3.63) is 29.8 Å². The van der Waals surface area contributed by atoms with Crippen molar-refractivity contribution < 1.29 is 4.39 Å². The van der Waals surface area contributed by atoms with Gasteiger partial charge in [0, 0.05) is 12.7 Å². The summed E-state index contributed by atoms with van der Waals surface area (Å²) in [6.45, 7) is 2.21. The second-order valence-corrected chi connectivity index (χ2v) is 2.81. The molecule has 0 radical (unpaired) electrons. The minimum absolute atomic E-state index is 0.432. The maximum atomic E-state index is 12.6. The van der Waals surface area contributed by atoms with Crippen LogP contribution in [0.25, 0.3) is 0 Å². The molecule has 1 rings (SSSR count). The molecule has 0 aliphatic carbocycles. The van der Waals surface area contributed by atoms with E-state index in [0.717, 1.165) is 18.5 Å². The van der Waals surface area contributed by atoms with Gasteiger partial charge in [-0.15, -0.1) is 0 Å². The molecule has 3 N–H and O–H groups in total. The summed E-state index contributed by atoms with van der Waals surface area (Å²) in [5.41, 5.74) is 6.23. The third-order valence-corrected chi connectivity index (χ3v) is 1.68. The molecule has 3 nitrogen and oxygen atoms in total. The van der Waals surface area contributed by atoms with Crippen molar-refractivity contribution in [2.45, 2.75) is 13.0 Å². The molecule has 13 heavy (non-hydrogen) atoms. The minimum atomic E-state index is -0.432. The van der Waals surface area contributed by atoms with Crippen LogP contribution < -0.4 is 11.1 Å². The van der Waals surface area contributed by atoms with Gasteiger partial charge in [0.15, 0.2) is 0 Å². The number of hydrogen-bond donors (Lipinski definition) is 2. The maximum Gasteiger partial charge on any atom is 0.213 e. The highest BCUT2D eigenvalue weighted by molar-refractivity contribution is 5.10. The molecule has 0 saturated heterocycles. The predicted molar refractivity (Wildman–Crippen MR) is 49.6 cm³/mol. The molecule has 1 heterocycles. The Labute approximate surface area is 77.2 Å². The first-order valence-electron chi connectivity index (χ1n) is 4.34. The van der Waals surface area contributed by atoms with E-state index in [0.29, 0.717) is 13.1 Å². The lowest BCUT2D eigenvalue weighted by Gasteiger charge is -2.02. The highest BCUT2D eigenvalue weighted by atomic mass is 19.1. The van der Waals surface area contributed by atoms with E-state index >= 15 is 0 Å². The molecule has 0 unspecified atom stereocenters. The Balaban J connectivity index is 2.28. The predicted octanol–water partition coefficient (Wildman–Crippen LogP) is 0.659. The molecule has 1 aromatic rings. The number of halogens is 1. The van der Waals surface area contributed by atoms with Crippen molar-refractivity contribution in [3.63, 3.8) is 0 Å². The van der Waals surface area contributed by atoms with Crippen molar-refractivity contribution in [1.29, 1.82) is 0 Å². The van der Waals surface area contributed by atoms with Crippen LogP contribution in [0.4, 0.5) is 4.39 Å². The molecular formula is C9H14FN3. The van der Waals surface area contributed by atoms with E-state index in [2.05, 4.69) is 10.3 Å². The van der Waals surface area contributed by atoms with Gasteiger partial charge in [0.1, 0.15) is 0 Å². The number of aromatic nitrogens is 1. The number of pyridine rings is 1. The van der Waals surface area contributed by atoms with Gasteiger partial charge in [-0.25, -0.2) is 4.98 Å². The van der Waals surface area contributed by atoms with E-state index in [-0.39, 0.29) is 0 Å². The zero-order chi connectivity index (χ0) is 9.52. The zero-order valence-corrected chi connectivity index (χ0v) is 7.46. The Kier molecular flexibility index (Phi) is 4.35. The van der Waals surface area contributed by atoms with Gasteiger partial charge in [-0.2, -0.15) is 4.39 Å². The summed E-state index contributed by atoms with van der Waals surface area (Å²) < 4.78 is 12.6. The van der Waals surface area contributed by atoms with Gasteiger partial charge in [-0.1, -0.05) is 0 Å². The average molecular weight is 183 g/mol. The average Bonchev–Trinajstić information content (AvgIpc) is 2.13. The van der Waals surface area contributed by atoms with Gasteiger partial charge in [0.2, 0.25) is 5.95 Å². The molecule has 0 spiro atoms. The van der Waals surface area contributed by atoms with E-state index in [1.165, 1.54) is 12.3 Å². The highest BCUT2D eigenvalue weighted by Crippen LogP contribution is 1.99. The lowest BCUT2D eigenvalue weighted by atomic mass is 10.2. The summed E-state index contributed by atoms with van der Waals surface area (Å²) >= 11 is 0. The Morgan fingerprint density at radius 3 is 3.08 bits per heavy atom. The van der Waals surface area contributed by atoms with Crippen LogP contribution in [0.5, 0.6) is 0 Å². The maximum absolute atomic E-state index is 12.6. The van der Waals surface area contributed by atoms with Gasteiger partial charge < -0.3 is 11.1 Å². The first-order chi connectivity index (χ1) is 6.33. The van der Waals surface area contributed by atoms with Crippen LogP contribution >= 0.6 is 0 Å². The van der Waals surface area contributed by atoms with Gasteiger partial charge in [0.25, 0.3) is 0 Å². The van der Waals surface area contributed by atoms with Gasteiger partial charge >= 0.3 is 0 Å². The Bertz CT molecular complexity index is 252. The van der Waals surface area contributed by atoms with Crippen LogP contribution in [-0.2, 0) is 6.54 Å². The fourth-order valence-electron chi connectivity index (χ4n) is 1.01. The molecule has 0 aromatic carbocycles. The molecule has 1 aromatic heterocycles. The summed E-state index contributed by atoms with van der Waals surface area (Å²) in [6.07, 6.45) is 2.41. The highest BCUT2D eigenvalue weighted by Gasteiger charge is 1.94. The van der Waals surface area contributed by atoms with E-state index in [1.807, 2.05) is 0 Å². The number of nitrogens with two attached hydrogens (primary N) is 1. The molecule has 0 aliphatic rings. The van der Waals surface area contributed by atoms with E-state index in [4.69, 9.17) is 5.73 Å². The lowest BCUT2D eigenvalue weighted by molar-refractivity contribution is 0.577. The summed E-state index contributed by atoms with van der Waals surface area (Å²) in [4.78, 5) is 3.47. The van der Waals surface area contributed by atoms with Crippen LogP contribution in [0, 0.1) is 5.95 Å². The Hall–Kier alpha value is -1.00. The SMILES string of the molecule is NCCCNCc1ccnc(F)c1. The normalized spacial score (nSPS) is 10.3. The Morgan fingerprint density at radius 2 is 2.38 bits per heavy atom. The van der Waals surface area contributed by atoms with Crippen molar-refractivity contribution >= 4 is 0 Å². The van der Waals surface area contributed by atoms with Crippen molar-refractivity contribution in [2.75, 3.05) is 13.1 Å². The first-order valence-corrected chi connectivity index (χ1v) is 4.34. The van der Waals surface area contributed by atoms with Crippen molar-refractivity contribution in [1.82, 2.24) is 10.3 Å². The van der Waals surface area contributed by atoms with E-state index < -0.39 is 5.95 Å². The molecule has 72 valence electrons. The number of rotatable bonds is 5. The fourth-order valence-corrected chi connectivity index (χ4v) is 1.01. The van der Waals surface area contributed by atoms with E-state index in [1.54, 1.807) is 6.07 Å². The third-order valence-electron chi connectivity index (χ3n) is 1.68. The summed E-state index contributed by atoms with van der Waals surface area (Å²) in [5.74, 6) is -0.432. The molecule has 0 saturated carbocycles. The number of hydrogen-bond acceptors (Lipinski definition) is 3. The molecule has 0 fully saturated rings. The van der Waals surface area contributed by atoms with Crippen molar-refractivity contribution in [3.8, 4) is 0 Å². The zero-order valence-electron chi connectivity index (χ0n) is 7.46. The molecule has 0 atom stereocenters. The summed E-state index contributed by atoms with van der Waals surface area (Å²) in [6, 6.07) is 3.22. The molecule has 0 aliphatic heterocycles. The Morgan fingerprint density at radius 1 is 1.54 bits per heavy atom. The monoisotopic (exact) mass is 183 g/mol. The van der Waals surface area contributed by atoms with Crippen LogP contribution in [0.1, 0.15) is 12.0 Å². The minimum Gasteiger partial charge on any atom is -0.330 e. The topological polar surface area (TPSA) is 50.9 Å². The van der Waals surface area contributed by atoms with Gasteiger partial charge in [-0.3, -0.25) is 0 Å². The second-order valence-electron chi connectivity index (χ2n) is 2.81. The van der Waals surface area contributed by atoms with Crippen molar-refractivity contribution in [2.24, 2.45) is 5.73 Å². The van der Waals surface area contributed by atoms with Gasteiger partial charge in [0.05, 0.1) is 0 Å². The third kappa shape index (κ3) is 3.96. The van der Waals surface area contributed by atoms with Crippen LogP contribution in [0.3, 0.4) is 0 Å². The number of nitrogens with one attached hydrogen (secondary N) is 1. The quantitative estimate of drug-likeness (QED) is 0.521. The smallest absolute Gasteiger partial charge is 0.213 e. The molecule has 0 amide bonds. The fraction of sp³-hybridized carbons (Fsp3) is 0.444. The number of nitrogens with zero attached hydrogens (tertiary/aromatic N) is 1. The standard InChI is InChI=1S/C9H14FN3/c10-9-6-8(2-5-13-9)7-12-4-1-3-11/h2,5-6,12H,1,3-4,7,11H2. The molecular weight excluding hydrogens is 169 g/mol. The van der Waals surface area contributed by atoms with Gasteiger partial charge in [-0.05, 0) is 37.2 Å². The molecule has 0 bridgehead atoms. The van der Waals surface area contributed by atoms with Crippen LogP contribution in [0.2, 0.25) is 0 Å². The lowest BCUT2D eigenvalue weighted by Crippen LogP contribution is -2.17. The molecule has 4 heteroatoms. The first kappa shape index (κ1) is 10.1. The van der Waals surface area contributed by atoms with Crippen LogP contribution in [0.15, 0.2) is 18.3 Å². The second kappa shape index (κ2) is 5.61. The summed E-state index contributed by atoms with van der Waals surface area (Å²) in [7, 11) is 0. The van der Waals surface area contributed by atoms with E-state index in [9.17, 15) is 4.39 Å². The van der Waals surface area contributed by atoms with Crippen LogP contribution in [-0.4, -0.2) is 18.1 Å².